The van der Waals surface area contributed by atoms with Gasteiger partial charge in [-0.1, -0.05) is 30.3 Å². The van der Waals surface area contributed by atoms with Crippen LogP contribution in [-0.4, -0.2) is 14.5 Å². The molecule has 0 N–H and O–H groups in total. The van der Waals surface area contributed by atoms with E-state index in [9.17, 15) is 0 Å². The Bertz CT molecular complexity index is 691. The second-order valence-electron chi connectivity index (χ2n) is 4.75. The molecule has 3 nitrogen and oxygen atoms in total. The first-order valence-corrected chi connectivity index (χ1v) is 7.32. The Balaban J connectivity index is 1.77. The fraction of sp³-hybridized carbons (Fsp3) is 0.250. The molecule has 0 saturated carbocycles. The lowest BCUT2D eigenvalue weighted by molar-refractivity contribution is 0.634. The first-order valence-electron chi connectivity index (χ1n) is 6.78. The summed E-state index contributed by atoms with van der Waals surface area (Å²) in [6.45, 7) is 0.893. The highest BCUT2D eigenvalue weighted by atomic mass is 35.5. The van der Waals surface area contributed by atoms with Gasteiger partial charge in [0, 0.05) is 12.7 Å². The standard InChI is InChI=1S/C16H16ClN3/c17-12-15-19-14-9-4-10-18-16(14)20(15)11-5-8-13-6-2-1-3-7-13/h1-4,6-7,9-10H,5,8,11-12H2. The van der Waals surface area contributed by atoms with Crippen molar-refractivity contribution in [2.45, 2.75) is 25.3 Å². The number of imidazole rings is 1. The highest BCUT2D eigenvalue weighted by Crippen LogP contribution is 2.16. The first kappa shape index (κ1) is 13.1. The third kappa shape index (κ3) is 2.68. The van der Waals surface area contributed by atoms with Gasteiger partial charge in [-0.15, -0.1) is 11.6 Å². The van der Waals surface area contributed by atoms with Crippen LogP contribution in [0.2, 0.25) is 0 Å². The second-order valence-corrected chi connectivity index (χ2v) is 5.02. The number of aromatic nitrogens is 3. The molecular formula is C16H16ClN3. The maximum Gasteiger partial charge on any atom is 0.160 e. The van der Waals surface area contributed by atoms with Crippen molar-refractivity contribution in [1.29, 1.82) is 0 Å². The van der Waals surface area contributed by atoms with Crippen LogP contribution in [-0.2, 0) is 18.8 Å². The number of alkyl halides is 1. The average molecular weight is 286 g/mol. The summed E-state index contributed by atoms with van der Waals surface area (Å²) in [4.78, 5) is 8.94. The molecule has 0 aliphatic rings. The van der Waals surface area contributed by atoms with Crippen LogP contribution in [0.3, 0.4) is 0 Å². The average Bonchev–Trinajstić information content (AvgIpc) is 2.87. The molecule has 0 unspecified atom stereocenters. The predicted octanol–water partition coefficient (Wildman–Crippen LogP) is 3.80. The number of benzene rings is 1. The van der Waals surface area contributed by atoms with Gasteiger partial charge in [0.2, 0.25) is 0 Å². The number of halogens is 1. The molecule has 0 spiro atoms. The van der Waals surface area contributed by atoms with E-state index in [1.165, 1.54) is 5.56 Å². The van der Waals surface area contributed by atoms with E-state index in [1.54, 1.807) is 6.20 Å². The van der Waals surface area contributed by atoms with Crippen LogP contribution in [0.15, 0.2) is 48.7 Å². The van der Waals surface area contributed by atoms with E-state index in [0.717, 1.165) is 36.4 Å². The molecule has 20 heavy (non-hydrogen) atoms. The molecule has 102 valence electrons. The van der Waals surface area contributed by atoms with Crippen LogP contribution in [0.25, 0.3) is 11.2 Å². The van der Waals surface area contributed by atoms with Crippen LogP contribution in [0.4, 0.5) is 0 Å². The van der Waals surface area contributed by atoms with Gasteiger partial charge in [0.05, 0.1) is 5.88 Å². The normalized spacial score (nSPS) is 11.1. The van der Waals surface area contributed by atoms with E-state index in [-0.39, 0.29) is 0 Å². The van der Waals surface area contributed by atoms with Crippen LogP contribution < -0.4 is 0 Å². The first-order chi connectivity index (χ1) is 9.88. The molecule has 3 aromatic rings. The third-order valence-corrected chi connectivity index (χ3v) is 3.63. The second kappa shape index (κ2) is 6.06. The zero-order valence-corrected chi connectivity index (χ0v) is 11.9. The number of aryl methyl sites for hydroxylation is 2. The summed E-state index contributed by atoms with van der Waals surface area (Å²) in [5, 5.41) is 0. The van der Waals surface area contributed by atoms with E-state index in [4.69, 9.17) is 11.6 Å². The van der Waals surface area contributed by atoms with Gasteiger partial charge in [0.15, 0.2) is 5.65 Å². The van der Waals surface area contributed by atoms with Gasteiger partial charge in [-0.25, -0.2) is 9.97 Å². The summed E-state index contributed by atoms with van der Waals surface area (Å²) in [5.74, 6) is 1.32. The lowest BCUT2D eigenvalue weighted by atomic mass is 10.1. The molecule has 1 aromatic carbocycles. The maximum absolute atomic E-state index is 5.99. The van der Waals surface area contributed by atoms with Gasteiger partial charge >= 0.3 is 0 Å². The van der Waals surface area contributed by atoms with Crippen molar-refractivity contribution in [3.05, 3.63) is 60.0 Å². The zero-order chi connectivity index (χ0) is 13.8. The van der Waals surface area contributed by atoms with Crippen molar-refractivity contribution in [1.82, 2.24) is 14.5 Å². The molecule has 0 atom stereocenters. The lowest BCUT2D eigenvalue weighted by Gasteiger charge is -2.07. The van der Waals surface area contributed by atoms with E-state index >= 15 is 0 Å². The molecular weight excluding hydrogens is 270 g/mol. The number of hydrogen-bond donors (Lipinski definition) is 0. The highest BCUT2D eigenvalue weighted by Gasteiger charge is 2.10. The molecule has 0 aliphatic carbocycles. The molecule has 2 aromatic heterocycles. The number of fused-ring (bicyclic) bond motifs is 1. The van der Waals surface area contributed by atoms with Crippen LogP contribution in [0.1, 0.15) is 17.8 Å². The summed E-state index contributed by atoms with van der Waals surface area (Å²) >= 11 is 5.99. The van der Waals surface area contributed by atoms with Gasteiger partial charge in [-0.05, 0) is 30.5 Å². The Hall–Kier alpha value is -1.87. The predicted molar refractivity (Wildman–Crippen MR) is 81.8 cm³/mol. The van der Waals surface area contributed by atoms with Crippen molar-refractivity contribution >= 4 is 22.8 Å². The largest absolute Gasteiger partial charge is 0.312 e. The zero-order valence-electron chi connectivity index (χ0n) is 11.2. The molecule has 0 fully saturated rings. The molecule has 0 aliphatic heterocycles. The monoisotopic (exact) mass is 285 g/mol. The maximum atomic E-state index is 5.99. The molecule has 0 radical (unpaired) electrons. The van der Waals surface area contributed by atoms with Crippen molar-refractivity contribution < 1.29 is 0 Å². The van der Waals surface area contributed by atoms with Crippen molar-refractivity contribution in [3.8, 4) is 0 Å². The SMILES string of the molecule is ClCc1nc2cccnc2n1CCCc1ccccc1. The Morgan fingerprint density at radius 1 is 1.05 bits per heavy atom. The van der Waals surface area contributed by atoms with Crippen molar-refractivity contribution in [2.24, 2.45) is 0 Å². The quantitative estimate of drug-likeness (QED) is 0.668. The van der Waals surface area contributed by atoms with Gasteiger partial charge in [-0.3, -0.25) is 0 Å². The minimum atomic E-state index is 0.418. The van der Waals surface area contributed by atoms with Gasteiger partial charge in [-0.2, -0.15) is 0 Å². The third-order valence-electron chi connectivity index (χ3n) is 3.39. The Morgan fingerprint density at radius 2 is 1.90 bits per heavy atom. The molecule has 0 bridgehead atoms. The van der Waals surface area contributed by atoms with Gasteiger partial charge < -0.3 is 4.57 Å². The molecule has 0 saturated heterocycles. The van der Waals surface area contributed by atoms with Crippen molar-refractivity contribution in [2.75, 3.05) is 0 Å². The summed E-state index contributed by atoms with van der Waals surface area (Å²) < 4.78 is 2.13. The highest BCUT2D eigenvalue weighted by molar-refractivity contribution is 6.16. The number of pyridine rings is 1. The van der Waals surface area contributed by atoms with Crippen LogP contribution >= 0.6 is 11.6 Å². The van der Waals surface area contributed by atoms with Gasteiger partial charge in [0.25, 0.3) is 0 Å². The minimum absolute atomic E-state index is 0.418. The van der Waals surface area contributed by atoms with E-state index < -0.39 is 0 Å². The van der Waals surface area contributed by atoms with E-state index in [0.29, 0.717) is 5.88 Å². The molecule has 0 amide bonds. The topological polar surface area (TPSA) is 30.7 Å². The van der Waals surface area contributed by atoms with E-state index in [1.807, 2.05) is 18.2 Å². The van der Waals surface area contributed by atoms with E-state index in [2.05, 4.69) is 38.8 Å². The molecule has 3 rings (SSSR count). The Labute approximate surface area is 123 Å². The number of rotatable bonds is 5. The smallest absolute Gasteiger partial charge is 0.160 e. The number of hydrogen-bond acceptors (Lipinski definition) is 2. The lowest BCUT2D eigenvalue weighted by Crippen LogP contribution is -2.04. The number of nitrogens with zero attached hydrogens (tertiary/aromatic N) is 3. The van der Waals surface area contributed by atoms with Crippen LogP contribution in [0, 0.1) is 0 Å². The van der Waals surface area contributed by atoms with Crippen molar-refractivity contribution in [3.63, 3.8) is 0 Å². The molecule has 4 heteroatoms. The Morgan fingerprint density at radius 3 is 2.70 bits per heavy atom. The summed E-state index contributed by atoms with van der Waals surface area (Å²) in [5.41, 5.74) is 3.20. The van der Waals surface area contributed by atoms with Crippen LogP contribution in [0.5, 0.6) is 0 Å². The fourth-order valence-corrected chi connectivity index (χ4v) is 2.63. The molecule has 2 heterocycles. The van der Waals surface area contributed by atoms with Gasteiger partial charge in [0.1, 0.15) is 11.3 Å². The fourth-order valence-electron chi connectivity index (χ4n) is 2.43. The summed E-state index contributed by atoms with van der Waals surface area (Å²) in [6, 6.07) is 14.4. The summed E-state index contributed by atoms with van der Waals surface area (Å²) in [7, 11) is 0. The summed E-state index contributed by atoms with van der Waals surface area (Å²) in [6.07, 6.45) is 3.90. The minimum Gasteiger partial charge on any atom is -0.312 e. The Kier molecular flexibility index (Phi) is 3.97.